The number of unbranched alkanes of at least 4 members (excludes halogenated alkanes) is 1. The molecule has 1 aromatic rings. The van der Waals surface area contributed by atoms with Gasteiger partial charge in [0.2, 0.25) is 11.8 Å². The Morgan fingerprint density at radius 3 is 2.42 bits per heavy atom. The monoisotopic (exact) mass is 530 g/mol. The number of ether oxygens (including phenoxy) is 2. The summed E-state index contributed by atoms with van der Waals surface area (Å²) in [5.41, 5.74) is -0.616. The SMILES string of the molecule is CCCN1C(=O)[C@H](CCCCNC(=O)OCc2ccccc2)NC(=O)C12CCN(C(=O)OC(C)(C)C)CC2. The van der Waals surface area contributed by atoms with Gasteiger partial charge in [-0.1, -0.05) is 37.3 Å². The van der Waals surface area contributed by atoms with Crippen molar-refractivity contribution in [3.05, 3.63) is 35.9 Å². The van der Waals surface area contributed by atoms with Crippen molar-refractivity contribution < 1.29 is 28.7 Å². The van der Waals surface area contributed by atoms with Crippen LogP contribution in [-0.2, 0) is 25.7 Å². The first-order valence-electron chi connectivity index (χ1n) is 13.6. The third kappa shape index (κ3) is 7.61. The molecule has 210 valence electrons. The van der Waals surface area contributed by atoms with Gasteiger partial charge in [0.05, 0.1) is 0 Å². The lowest BCUT2D eigenvalue weighted by molar-refractivity contribution is -0.161. The number of hydrogen-bond donors (Lipinski definition) is 2. The molecule has 2 fully saturated rings. The highest BCUT2D eigenvalue weighted by molar-refractivity contribution is 6.00. The number of amides is 4. The minimum atomic E-state index is -0.938. The highest BCUT2D eigenvalue weighted by Gasteiger charge is 2.53. The summed E-state index contributed by atoms with van der Waals surface area (Å²) >= 11 is 0. The van der Waals surface area contributed by atoms with Crippen molar-refractivity contribution in [1.82, 2.24) is 20.4 Å². The second-order valence-corrected chi connectivity index (χ2v) is 11.0. The van der Waals surface area contributed by atoms with E-state index < -0.39 is 29.4 Å². The fraction of sp³-hybridized carbons (Fsp3) is 0.643. The number of piperidine rings is 1. The average Bonchev–Trinajstić information content (AvgIpc) is 2.88. The van der Waals surface area contributed by atoms with E-state index >= 15 is 0 Å². The Morgan fingerprint density at radius 2 is 1.79 bits per heavy atom. The maximum Gasteiger partial charge on any atom is 0.410 e. The number of hydrogen-bond acceptors (Lipinski definition) is 6. The molecule has 1 atom stereocenters. The number of rotatable bonds is 9. The first-order valence-corrected chi connectivity index (χ1v) is 13.6. The first kappa shape index (κ1) is 29.3. The van der Waals surface area contributed by atoms with Gasteiger partial charge >= 0.3 is 12.2 Å². The predicted molar refractivity (Wildman–Crippen MR) is 142 cm³/mol. The summed E-state index contributed by atoms with van der Waals surface area (Å²) in [4.78, 5) is 54.6. The van der Waals surface area contributed by atoms with Crippen molar-refractivity contribution in [2.24, 2.45) is 0 Å². The van der Waals surface area contributed by atoms with Gasteiger partial charge in [-0.05, 0) is 64.9 Å². The number of nitrogens with one attached hydrogen (secondary N) is 2. The zero-order valence-electron chi connectivity index (χ0n) is 23.1. The molecule has 2 aliphatic rings. The molecule has 10 heteroatoms. The van der Waals surface area contributed by atoms with E-state index in [2.05, 4.69) is 10.6 Å². The smallest absolute Gasteiger partial charge is 0.410 e. The zero-order valence-corrected chi connectivity index (χ0v) is 23.1. The maximum atomic E-state index is 13.4. The van der Waals surface area contributed by atoms with Crippen LogP contribution >= 0.6 is 0 Å². The van der Waals surface area contributed by atoms with Crippen molar-refractivity contribution in [2.45, 2.75) is 90.0 Å². The summed E-state index contributed by atoms with van der Waals surface area (Å²) in [6, 6.07) is 8.86. The van der Waals surface area contributed by atoms with E-state index in [-0.39, 0.29) is 18.4 Å². The van der Waals surface area contributed by atoms with Crippen LogP contribution in [0.25, 0.3) is 0 Å². The summed E-state index contributed by atoms with van der Waals surface area (Å²) in [6.07, 6.45) is 2.43. The Kier molecular flexibility index (Phi) is 9.99. The largest absolute Gasteiger partial charge is 0.445 e. The number of carbonyl (C=O) groups excluding carboxylic acids is 4. The minimum absolute atomic E-state index is 0.0765. The molecule has 4 amide bonds. The fourth-order valence-corrected chi connectivity index (χ4v) is 4.94. The Bertz CT molecular complexity index is 969. The van der Waals surface area contributed by atoms with Crippen LogP contribution in [0.15, 0.2) is 30.3 Å². The summed E-state index contributed by atoms with van der Waals surface area (Å²) in [6.45, 7) is 9.27. The van der Waals surface area contributed by atoms with Gasteiger partial charge in [0.1, 0.15) is 23.8 Å². The van der Waals surface area contributed by atoms with Gasteiger partial charge in [0.15, 0.2) is 0 Å². The number of benzene rings is 1. The molecule has 0 aliphatic carbocycles. The lowest BCUT2D eigenvalue weighted by Gasteiger charge is -2.51. The third-order valence-electron chi connectivity index (χ3n) is 6.90. The highest BCUT2D eigenvalue weighted by atomic mass is 16.6. The number of carbonyl (C=O) groups is 4. The van der Waals surface area contributed by atoms with Crippen molar-refractivity contribution in [3.63, 3.8) is 0 Å². The van der Waals surface area contributed by atoms with Crippen LogP contribution in [0.2, 0.25) is 0 Å². The number of nitrogens with zero attached hydrogens (tertiary/aromatic N) is 2. The first-order chi connectivity index (χ1) is 18.1. The van der Waals surface area contributed by atoms with Crippen LogP contribution < -0.4 is 10.6 Å². The van der Waals surface area contributed by atoms with Crippen LogP contribution in [0.4, 0.5) is 9.59 Å². The minimum Gasteiger partial charge on any atom is -0.445 e. The van der Waals surface area contributed by atoms with E-state index in [1.54, 1.807) is 9.80 Å². The van der Waals surface area contributed by atoms with E-state index in [4.69, 9.17) is 9.47 Å². The van der Waals surface area contributed by atoms with Gasteiger partial charge in [-0.2, -0.15) is 0 Å². The van der Waals surface area contributed by atoms with Crippen molar-refractivity contribution >= 4 is 24.0 Å². The lowest BCUT2D eigenvalue weighted by Crippen LogP contribution is -2.73. The molecule has 0 unspecified atom stereocenters. The van der Waals surface area contributed by atoms with Crippen LogP contribution in [0.1, 0.15) is 71.8 Å². The van der Waals surface area contributed by atoms with Crippen LogP contribution in [0, 0.1) is 0 Å². The number of piperazine rings is 1. The third-order valence-corrected chi connectivity index (χ3v) is 6.90. The lowest BCUT2D eigenvalue weighted by atomic mass is 9.81. The average molecular weight is 531 g/mol. The quantitative estimate of drug-likeness (QED) is 0.471. The molecule has 0 radical (unpaired) electrons. The number of likely N-dealkylation sites (tertiary alicyclic amines) is 1. The Balaban J connectivity index is 1.46. The van der Waals surface area contributed by atoms with Crippen LogP contribution in [-0.4, -0.2) is 77.2 Å². The second-order valence-electron chi connectivity index (χ2n) is 11.0. The van der Waals surface area contributed by atoms with E-state index in [0.717, 1.165) is 12.0 Å². The van der Waals surface area contributed by atoms with E-state index in [1.807, 2.05) is 58.0 Å². The van der Waals surface area contributed by atoms with Gasteiger partial charge in [-0.25, -0.2) is 9.59 Å². The molecule has 38 heavy (non-hydrogen) atoms. The van der Waals surface area contributed by atoms with Crippen LogP contribution in [0.3, 0.4) is 0 Å². The summed E-state index contributed by atoms with van der Waals surface area (Å²) in [5.74, 6) is -0.227. The Labute approximate surface area is 225 Å². The van der Waals surface area contributed by atoms with Crippen molar-refractivity contribution in [2.75, 3.05) is 26.2 Å². The molecule has 0 bridgehead atoms. The molecule has 10 nitrogen and oxygen atoms in total. The highest BCUT2D eigenvalue weighted by Crippen LogP contribution is 2.34. The van der Waals surface area contributed by atoms with Gasteiger partial charge in [-0.3, -0.25) is 9.59 Å². The van der Waals surface area contributed by atoms with Crippen molar-refractivity contribution in [1.29, 1.82) is 0 Å². The van der Waals surface area contributed by atoms with Gasteiger partial charge in [-0.15, -0.1) is 0 Å². The molecule has 3 rings (SSSR count). The molecule has 2 saturated heterocycles. The zero-order chi connectivity index (χ0) is 27.8. The molecule has 2 N–H and O–H groups in total. The summed E-state index contributed by atoms with van der Waals surface area (Å²) in [7, 11) is 0. The molecule has 1 aromatic carbocycles. The number of alkyl carbamates (subject to hydrolysis) is 1. The fourth-order valence-electron chi connectivity index (χ4n) is 4.94. The topological polar surface area (TPSA) is 117 Å². The molecular formula is C28H42N4O6. The molecule has 2 heterocycles. The van der Waals surface area contributed by atoms with E-state index in [0.29, 0.717) is 58.3 Å². The predicted octanol–water partition coefficient (Wildman–Crippen LogP) is 3.59. The summed E-state index contributed by atoms with van der Waals surface area (Å²) in [5, 5.41) is 5.69. The Morgan fingerprint density at radius 1 is 1.11 bits per heavy atom. The van der Waals surface area contributed by atoms with E-state index in [9.17, 15) is 19.2 Å². The standard InChI is InChI=1S/C28H42N4O6/c1-5-17-32-23(33)22(13-9-10-16-29-25(35)37-20-21-11-7-6-8-12-21)30-24(34)28(32)14-18-31(19-15-28)26(36)38-27(2,3)4/h6-8,11-12,22H,5,9-10,13-20H2,1-4H3,(H,29,35)(H,30,34)/t22-/m0/s1. The molecule has 2 aliphatic heterocycles. The van der Waals surface area contributed by atoms with E-state index in [1.165, 1.54) is 0 Å². The normalized spacial score (nSPS) is 19.2. The molecular weight excluding hydrogens is 488 g/mol. The van der Waals surface area contributed by atoms with Crippen LogP contribution in [0.5, 0.6) is 0 Å². The molecule has 0 saturated carbocycles. The van der Waals surface area contributed by atoms with Gasteiger partial charge < -0.3 is 29.9 Å². The molecule has 1 spiro atoms. The van der Waals surface area contributed by atoms with Gasteiger partial charge in [0, 0.05) is 26.2 Å². The molecule has 0 aromatic heterocycles. The maximum absolute atomic E-state index is 13.4. The summed E-state index contributed by atoms with van der Waals surface area (Å²) < 4.78 is 10.7. The van der Waals surface area contributed by atoms with Crippen molar-refractivity contribution in [3.8, 4) is 0 Å². The van der Waals surface area contributed by atoms with Gasteiger partial charge in [0.25, 0.3) is 0 Å². The Hall–Kier alpha value is -3.30. The second kappa shape index (κ2) is 13.0.